The molecule has 134 valence electrons. The zero-order chi connectivity index (χ0) is 19.0. The molecule has 3 aromatic rings. The van der Waals surface area contributed by atoms with Crippen LogP contribution >= 0.6 is 0 Å². The fourth-order valence-corrected chi connectivity index (χ4v) is 3.03. The summed E-state index contributed by atoms with van der Waals surface area (Å²) in [5, 5.41) is 16.7. The van der Waals surface area contributed by atoms with Gasteiger partial charge in [0, 0.05) is 5.69 Å². The lowest BCUT2D eigenvalue weighted by atomic mass is 10.0. The number of carbonyl (C=O) groups excluding carboxylic acids is 1. The van der Waals surface area contributed by atoms with Crippen molar-refractivity contribution in [3.05, 3.63) is 70.0 Å². The fourth-order valence-electron chi connectivity index (χ4n) is 3.03. The average molecular weight is 351 g/mol. The second kappa shape index (κ2) is 6.63. The van der Waals surface area contributed by atoms with E-state index in [9.17, 15) is 14.7 Å². The Morgan fingerprint density at radius 1 is 1.08 bits per heavy atom. The Bertz CT molecular complexity index is 1020. The summed E-state index contributed by atoms with van der Waals surface area (Å²) in [6, 6.07) is 9.80. The molecule has 0 spiro atoms. The lowest BCUT2D eigenvalue weighted by Gasteiger charge is -2.16. The van der Waals surface area contributed by atoms with Crippen molar-refractivity contribution in [1.29, 1.82) is 0 Å². The summed E-state index contributed by atoms with van der Waals surface area (Å²) < 4.78 is 1.69. The van der Waals surface area contributed by atoms with Crippen molar-refractivity contribution in [2.75, 3.05) is 0 Å². The standard InChI is InChI=1S/C20H21N3O3/c1-11-8-9-15(10-12(11)2)18(20(25)26)21-19(24)17-14(4)22-23-13(3)6-5-7-16(17)23/h5-10,18H,1-4H3,(H,21,24)(H,25,26). The summed E-state index contributed by atoms with van der Waals surface area (Å²) in [6.45, 7) is 7.51. The van der Waals surface area contributed by atoms with E-state index in [4.69, 9.17) is 0 Å². The van der Waals surface area contributed by atoms with E-state index in [0.717, 1.165) is 16.8 Å². The number of benzene rings is 1. The van der Waals surface area contributed by atoms with Crippen molar-refractivity contribution in [1.82, 2.24) is 14.9 Å². The number of carboxylic acid groups (broad SMARTS) is 1. The Kier molecular flexibility index (Phi) is 4.50. The molecule has 2 aromatic heterocycles. The molecule has 1 aromatic carbocycles. The van der Waals surface area contributed by atoms with Gasteiger partial charge in [0.2, 0.25) is 0 Å². The third-order valence-corrected chi connectivity index (χ3v) is 4.64. The van der Waals surface area contributed by atoms with E-state index in [0.29, 0.717) is 22.3 Å². The van der Waals surface area contributed by atoms with Crippen molar-refractivity contribution in [3.63, 3.8) is 0 Å². The van der Waals surface area contributed by atoms with Gasteiger partial charge in [0.25, 0.3) is 5.91 Å². The molecule has 0 bridgehead atoms. The average Bonchev–Trinajstić information content (AvgIpc) is 2.92. The van der Waals surface area contributed by atoms with Gasteiger partial charge in [-0.15, -0.1) is 0 Å². The smallest absolute Gasteiger partial charge is 0.330 e. The third-order valence-electron chi connectivity index (χ3n) is 4.64. The highest BCUT2D eigenvalue weighted by Crippen LogP contribution is 2.21. The minimum Gasteiger partial charge on any atom is -0.479 e. The van der Waals surface area contributed by atoms with Gasteiger partial charge in [-0.3, -0.25) is 4.79 Å². The summed E-state index contributed by atoms with van der Waals surface area (Å²) in [7, 11) is 0. The van der Waals surface area contributed by atoms with Gasteiger partial charge >= 0.3 is 5.97 Å². The molecule has 26 heavy (non-hydrogen) atoms. The molecule has 3 rings (SSSR count). The summed E-state index contributed by atoms with van der Waals surface area (Å²) in [6.07, 6.45) is 0. The maximum atomic E-state index is 12.9. The van der Waals surface area contributed by atoms with Crippen LogP contribution in [-0.2, 0) is 4.79 Å². The Balaban J connectivity index is 1.99. The number of carboxylic acids is 1. The highest BCUT2D eigenvalue weighted by molar-refractivity contribution is 6.03. The summed E-state index contributed by atoms with van der Waals surface area (Å²) in [4.78, 5) is 24.6. The van der Waals surface area contributed by atoms with E-state index in [1.54, 1.807) is 29.6 Å². The monoisotopic (exact) mass is 351 g/mol. The normalized spacial score (nSPS) is 12.2. The number of hydrogen-bond donors (Lipinski definition) is 2. The predicted octanol–water partition coefficient (Wildman–Crippen LogP) is 3.12. The lowest BCUT2D eigenvalue weighted by Crippen LogP contribution is -2.34. The van der Waals surface area contributed by atoms with Crippen molar-refractivity contribution < 1.29 is 14.7 Å². The molecule has 0 aliphatic rings. The number of aromatic nitrogens is 2. The van der Waals surface area contributed by atoms with Gasteiger partial charge in [0.15, 0.2) is 6.04 Å². The van der Waals surface area contributed by atoms with Gasteiger partial charge < -0.3 is 10.4 Å². The Morgan fingerprint density at radius 3 is 2.46 bits per heavy atom. The topological polar surface area (TPSA) is 83.7 Å². The van der Waals surface area contributed by atoms with Crippen LogP contribution in [0.3, 0.4) is 0 Å². The van der Waals surface area contributed by atoms with Gasteiger partial charge in [0.1, 0.15) is 0 Å². The Labute approximate surface area is 151 Å². The van der Waals surface area contributed by atoms with Crippen LogP contribution in [0.1, 0.15) is 44.5 Å². The zero-order valence-corrected chi connectivity index (χ0v) is 15.2. The minimum atomic E-state index is -1.12. The Morgan fingerprint density at radius 2 is 1.81 bits per heavy atom. The first-order chi connectivity index (χ1) is 12.3. The molecule has 0 fully saturated rings. The molecule has 0 aliphatic heterocycles. The number of aliphatic carboxylic acids is 1. The van der Waals surface area contributed by atoms with Crippen LogP contribution in [0, 0.1) is 27.7 Å². The number of aryl methyl sites for hydroxylation is 4. The second-order valence-electron chi connectivity index (χ2n) is 6.51. The zero-order valence-electron chi connectivity index (χ0n) is 15.2. The molecule has 1 atom stereocenters. The van der Waals surface area contributed by atoms with Crippen LogP contribution in [0.15, 0.2) is 36.4 Å². The predicted molar refractivity (Wildman–Crippen MR) is 98.4 cm³/mol. The van der Waals surface area contributed by atoms with E-state index < -0.39 is 17.9 Å². The van der Waals surface area contributed by atoms with Crippen LogP contribution in [0.2, 0.25) is 0 Å². The number of nitrogens with zero attached hydrogens (tertiary/aromatic N) is 2. The molecule has 6 heteroatoms. The molecular formula is C20H21N3O3. The summed E-state index contributed by atoms with van der Waals surface area (Å²) in [5.41, 5.74) is 5.09. The van der Waals surface area contributed by atoms with Crippen molar-refractivity contribution in [2.45, 2.75) is 33.7 Å². The van der Waals surface area contributed by atoms with Crippen LogP contribution in [0.4, 0.5) is 0 Å². The highest BCUT2D eigenvalue weighted by atomic mass is 16.4. The first-order valence-electron chi connectivity index (χ1n) is 8.35. The number of rotatable bonds is 4. The molecule has 0 saturated carbocycles. The molecule has 0 saturated heterocycles. The number of nitrogens with one attached hydrogen (secondary N) is 1. The highest BCUT2D eigenvalue weighted by Gasteiger charge is 2.26. The van der Waals surface area contributed by atoms with Crippen molar-refractivity contribution in [3.8, 4) is 0 Å². The number of fused-ring (bicyclic) bond motifs is 1. The minimum absolute atomic E-state index is 0.392. The van der Waals surface area contributed by atoms with E-state index >= 15 is 0 Å². The molecule has 0 radical (unpaired) electrons. The van der Waals surface area contributed by atoms with Gasteiger partial charge in [-0.25, -0.2) is 9.31 Å². The van der Waals surface area contributed by atoms with E-state index in [1.165, 1.54) is 0 Å². The van der Waals surface area contributed by atoms with E-state index in [-0.39, 0.29) is 0 Å². The van der Waals surface area contributed by atoms with Crippen LogP contribution in [0.5, 0.6) is 0 Å². The molecule has 2 N–H and O–H groups in total. The quantitative estimate of drug-likeness (QED) is 0.756. The van der Waals surface area contributed by atoms with Crippen LogP contribution in [-0.4, -0.2) is 26.6 Å². The Hall–Kier alpha value is -3.15. The van der Waals surface area contributed by atoms with Crippen LogP contribution < -0.4 is 5.32 Å². The number of hydrogen-bond acceptors (Lipinski definition) is 3. The largest absolute Gasteiger partial charge is 0.479 e. The summed E-state index contributed by atoms with van der Waals surface area (Å²) >= 11 is 0. The van der Waals surface area contributed by atoms with Gasteiger partial charge in [-0.05, 0) is 56.5 Å². The lowest BCUT2D eigenvalue weighted by molar-refractivity contribution is -0.139. The van der Waals surface area contributed by atoms with Gasteiger partial charge in [-0.1, -0.05) is 24.3 Å². The number of pyridine rings is 1. The van der Waals surface area contributed by atoms with Crippen molar-refractivity contribution >= 4 is 17.4 Å². The number of amides is 1. The van der Waals surface area contributed by atoms with Crippen LogP contribution in [0.25, 0.3) is 5.52 Å². The maximum Gasteiger partial charge on any atom is 0.330 e. The second-order valence-corrected chi connectivity index (χ2v) is 6.51. The SMILES string of the molecule is Cc1ccc(C(NC(=O)c2c(C)nn3c(C)cccc23)C(=O)O)cc1C. The first-order valence-corrected chi connectivity index (χ1v) is 8.35. The fraction of sp³-hybridized carbons (Fsp3) is 0.250. The van der Waals surface area contributed by atoms with E-state index in [2.05, 4.69) is 10.4 Å². The molecule has 1 amide bonds. The molecular weight excluding hydrogens is 330 g/mol. The molecule has 2 heterocycles. The van der Waals surface area contributed by atoms with Gasteiger partial charge in [0.05, 0.1) is 16.8 Å². The summed E-state index contributed by atoms with van der Waals surface area (Å²) in [5.74, 6) is -1.55. The molecule has 1 unspecified atom stereocenters. The third kappa shape index (κ3) is 3.06. The first kappa shape index (κ1) is 17.7. The maximum absolute atomic E-state index is 12.9. The van der Waals surface area contributed by atoms with E-state index in [1.807, 2.05) is 39.0 Å². The molecule has 6 nitrogen and oxygen atoms in total. The molecule has 0 aliphatic carbocycles. The van der Waals surface area contributed by atoms with Gasteiger partial charge in [-0.2, -0.15) is 5.10 Å². The van der Waals surface area contributed by atoms with Crippen molar-refractivity contribution in [2.24, 2.45) is 0 Å². The number of carbonyl (C=O) groups is 2.